The highest BCUT2D eigenvalue weighted by Gasteiger charge is 2.45. The normalized spacial score (nSPS) is 26.2. The quantitative estimate of drug-likeness (QED) is 0.660. The third-order valence-electron chi connectivity index (χ3n) is 3.30. The zero-order valence-corrected chi connectivity index (χ0v) is 10.7. The molecule has 0 fully saturated rings. The maximum absolute atomic E-state index is 5.99. The van der Waals surface area contributed by atoms with Crippen LogP contribution in [0, 0.1) is 0 Å². The summed E-state index contributed by atoms with van der Waals surface area (Å²) in [6.07, 6.45) is 0.423. The number of fused-ring (bicyclic) bond motifs is 2. The lowest BCUT2D eigenvalue weighted by Crippen LogP contribution is -2.57. The minimum Gasteiger partial charge on any atom is -0.454 e. The molecule has 0 amide bonds. The van der Waals surface area contributed by atoms with Gasteiger partial charge in [-0.25, -0.2) is 0 Å². The molecule has 1 aliphatic carbocycles. The van der Waals surface area contributed by atoms with Crippen LogP contribution in [-0.2, 0) is 11.6 Å². The van der Waals surface area contributed by atoms with Gasteiger partial charge in [0, 0.05) is 0 Å². The van der Waals surface area contributed by atoms with E-state index in [9.17, 15) is 0 Å². The molecule has 6 radical (unpaired) electrons. The van der Waals surface area contributed by atoms with Gasteiger partial charge in [-0.05, 0) is 29.6 Å². The molecule has 3 rings (SSSR count). The summed E-state index contributed by atoms with van der Waals surface area (Å²) in [6.45, 7) is 4.22. The van der Waals surface area contributed by atoms with Crippen molar-refractivity contribution >= 4 is 23.5 Å². The summed E-state index contributed by atoms with van der Waals surface area (Å²) in [4.78, 5) is 0. The van der Waals surface area contributed by atoms with Crippen molar-refractivity contribution in [2.24, 2.45) is 5.73 Å². The smallest absolute Gasteiger partial charge is 0.231 e. The zero-order valence-electron chi connectivity index (χ0n) is 10.7. The summed E-state index contributed by atoms with van der Waals surface area (Å²) in [7, 11) is 17.9. The molecule has 1 aliphatic heterocycles. The Bertz CT molecular complexity index is 475. The van der Waals surface area contributed by atoms with E-state index >= 15 is 0 Å². The molecule has 0 spiro atoms. The number of nitrogens with two attached hydrogens (primary N) is 1. The van der Waals surface area contributed by atoms with Crippen molar-refractivity contribution in [2.45, 2.75) is 30.9 Å². The van der Waals surface area contributed by atoms with Crippen molar-refractivity contribution in [1.82, 2.24) is 0 Å². The van der Waals surface area contributed by atoms with Crippen molar-refractivity contribution in [3.05, 3.63) is 23.3 Å². The molecule has 88 valence electrons. The lowest BCUT2D eigenvalue weighted by atomic mass is 9.40. The van der Waals surface area contributed by atoms with Gasteiger partial charge in [0.15, 0.2) is 11.5 Å². The van der Waals surface area contributed by atoms with Crippen LogP contribution in [0.5, 0.6) is 11.5 Å². The van der Waals surface area contributed by atoms with E-state index in [0.29, 0.717) is 17.9 Å². The Kier molecular flexibility index (Phi) is 3.18. The minimum absolute atomic E-state index is 0.219. The van der Waals surface area contributed by atoms with Gasteiger partial charge in [0.25, 0.3) is 0 Å². The molecule has 0 aromatic heterocycles. The summed E-state index contributed by atoms with van der Waals surface area (Å²) in [5.41, 5.74) is 6.40. The predicted octanol–water partition coefficient (Wildman–Crippen LogP) is 0.311. The van der Waals surface area contributed by atoms with E-state index in [1.54, 1.807) is 6.07 Å². The lowest BCUT2D eigenvalue weighted by Gasteiger charge is -2.37. The van der Waals surface area contributed by atoms with E-state index in [4.69, 9.17) is 38.7 Å². The fourth-order valence-electron chi connectivity index (χ4n) is 2.23. The van der Waals surface area contributed by atoms with Gasteiger partial charge in [0.1, 0.15) is 0 Å². The van der Waals surface area contributed by atoms with Gasteiger partial charge < -0.3 is 15.2 Å². The van der Waals surface area contributed by atoms with E-state index in [1.165, 1.54) is 0 Å². The second kappa shape index (κ2) is 4.27. The van der Waals surface area contributed by atoms with Crippen molar-refractivity contribution in [3.63, 3.8) is 0 Å². The van der Waals surface area contributed by atoms with Crippen LogP contribution in [0.1, 0.15) is 25.0 Å². The van der Waals surface area contributed by atoms with Crippen LogP contribution in [-0.4, -0.2) is 35.8 Å². The average Bonchev–Trinajstić information content (AvgIpc) is 2.82. The number of hydrogen-bond acceptors (Lipinski definition) is 3. The molecule has 3 nitrogen and oxygen atoms in total. The van der Waals surface area contributed by atoms with Crippen LogP contribution >= 0.6 is 0 Å². The van der Waals surface area contributed by atoms with Crippen LogP contribution in [0.25, 0.3) is 0 Å². The van der Waals surface area contributed by atoms with Gasteiger partial charge in [-0.15, -0.1) is 0 Å². The first-order valence-corrected chi connectivity index (χ1v) is 6.00. The van der Waals surface area contributed by atoms with E-state index < -0.39 is 10.7 Å². The first kappa shape index (κ1) is 13.4. The molecule has 1 aromatic carbocycles. The Hall–Kier alpha value is -1.03. The van der Waals surface area contributed by atoms with Gasteiger partial charge in [-0.3, -0.25) is 0 Å². The Balaban J connectivity index is 0.000000574. The Morgan fingerprint density at radius 1 is 1.11 bits per heavy atom. The van der Waals surface area contributed by atoms with E-state index in [1.807, 2.05) is 19.9 Å². The molecule has 1 atom stereocenters. The first-order valence-electron chi connectivity index (χ1n) is 6.00. The van der Waals surface area contributed by atoms with Crippen LogP contribution < -0.4 is 15.2 Å². The molecule has 0 saturated heterocycles. The zero-order chi connectivity index (χ0) is 13.6. The van der Waals surface area contributed by atoms with Gasteiger partial charge in [-0.1, -0.05) is 24.6 Å². The molecule has 2 N–H and O–H groups in total. The monoisotopic (exact) mass is 237 g/mol. The van der Waals surface area contributed by atoms with E-state index in [-0.39, 0.29) is 6.79 Å². The molecule has 2 aliphatic rings. The fraction of sp³-hybridized carbons (Fsp3) is 0.500. The summed E-state index contributed by atoms with van der Waals surface area (Å²) >= 11 is 0. The largest absolute Gasteiger partial charge is 0.454 e. The molecule has 1 aromatic rings. The van der Waals surface area contributed by atoms with E-state index in [0.717, 1.165) is 11.1 Å². The second-order valence-corrected chi connectivity index (χ2v) is 4.45. The molecule has 6 heteroatoms. The third-order valence-corrected chi connectivity index (χ3v) is 3.30. The highest BCUT2D eigenvalue weighted by atomic mass is 16.7. The Morgan fingerprint density at radius 2 is 1.67 bits per heavy atom. The van der Waals surface area contributed by atoms with Crippen LogP contribution in [0.3, 0.4) is 0 Å². The lowest BCUT2D eigenvalue weighted by molar-refractivity contribution is 0.174. The van der Waals surface area contributed by atoms with Gasteiger partial charge in [0.2, 0.25) is 6.79 Å². The highest BCUT2D eigenvalue weighted by Crippen LogP contribution is 2.45. The number of benzene rings is 1. The standard InChI is InChI=1S/C10H8B3NO2.C2H6/c11-9(14)3-5-1-7-8(16-4-15-7)2-6(5)10(9,12)13;1-2/h1-2H,3-4,14H2;1-2H3. The van der Waals surface area contributed by atoms with Crippen molar-refractivity contribution in [2.75, 3.05) is 6.79 Å². The van der Waals surface area contributed by atoms with Gasteiger partial charge in [-0.2, -0.15) is 0 Å². The Labute approximate surface area is 112 Å². The number of rotatable bonds is 0. The molecular formula is C12H14B3NO2. The van der Waals surface area contributed by atoms with Crippen LogP contribution in [0.15, 0.2) is 12.1 Å². The van der Waals surface area contributed by atoms with Crippen molar-refractivity contribution < 1.29 is 9.47 Å². The highest BCUT2D eigenvalue weighted by molar-refractivity contribution is 6.46. The molecule has 1 unspecified atom stereocenters. The molecular weight excluding hydrogens is 223 g/mol. The summed E-state index contributed by atoms with van der Waals surface area (Å²) in [5.74, 6) is 1.32. The van der Waals surface area contributed by atoms with E-state index in [2.05, 4.69) is 0 Å². The fourth-order valence-corrected chi connectivity index (χ4v) is 2.23. The topological polar surface area (TPSA) is 44.5 Å². The predicted molar refractivity (Wildman–Crippen MR) is 73.5 cm³/mol. The summed E-state index contributed by atoms with van der Waals surface area (Å²) in [6, 6.07) is 3.60. The average molecular weight is 237 g/mol. The maximum Gasteiger partial charge on any atom is 0.231 e. The van der Waals surface area contributed by atoms with Crippen LogP contribution in [0.2, 0.25) is 0 Å². The van der Waals surface area contributed by atoms with Crippen LogP contribution in [0.4, 0.5) is 0 Å². The van der Waals surface area contributed by atoms with Crippen molar-refractivity contribution in [3.8, 4) is 11.5 Å². The SMILES string of the molecule is CC.[B]C1(N)Cc2cc3c(cc2C1([B])[B])OCO3. The summed E-state index contributed by atoms with van der Waals surface area (Å²) < 4.78 is 10.5. The molecule has 18 heavy (non-hydrogen) atoms. The first-order chi connectivity index (χ1) is 8.42. The number of ether oxygens (including phenoxy) is 2. The van der Waals surface area contributed by atoms with Gasteiger partial charge in [0.05, 0.1) is 23.5 Å². The van der Waals surface area contributed by atoms with Crippen molar-refractivity contribution in [1.29, 1.82) is 0 Å². The molecule has 1 heterocycles. The molecule has 0 saturated carbocycles. The Morgan fingerprint density at radius 3 is 2.28 bits per heavy atom. The minimum atomic E-state index is -1.25. The number of hydrogen-bond donors (Lipinski definition) is 1. The maximum atomic E-state index is 5.99. The van der Waals surface area contributed by atoms with Gasteiger partial charge >= 0.3 is 0 Å². The molecule has 0 bridgehead atoms. The summed E-state index contributed by atoms with van der Waals surface area (Å²) in [5, 5.41) is -1.25. The second-order valence-electron chi connectivity index (χ2n) is 4.45. The third kappa shape index (κ3) is 1.74.